The summed E-state index contributed by atoms with van der Waals surface area (Å²) in [7, 11) is 0. The highest BCUT2D eigenvalue weighted by Crippen LogP contribution is 2.36. The van der Waals surface area contributed by atoms with Crippen molar-refractivity contribution in [1.82, 2.24) is 0 Å². The van der Waals surface area contributed by atoms with E-state index in [-0.39, 0.29) is 5.56 Å². The first-order valence-corrected chi connectivity index (χ1v) is 5.13. The van der Waals surface area contributed by atoms with Gasteiger partial charge in [-0.1, -0.05) is 35.3 Å². The molecule has 0 saturated heterocycles. The zero-order valence-corrected chi connectivity index (χ0v) is 9.30. The second kappa shape index (κ2) is 4.70. The number of rotatable bonds is 2. The molecule has 0 bridgehead atoms. The number of alkyl halides is 4. The molecule has 0 fully saturated rings. The molecule has 0 nitrogen and oxygen atoms in total. The van der Waals surface area contributed by atoms with E-state index in [9.17, 15) is 4.39 Å². The molecule has 0 N–H and O–H groups in total. The maximum absolute atomic E-state index is 13.2. The van der Waals surface area contributed by atoms with Crippen molar-refractivity contribution in [2.45, 2.75) is 9.67 Å². The number of hydrogen-bond acceptors (Lipinski definition) is 0. The highest BCUT2D eigenvalue weighted by molar-refractivity contribution is 6.46. The van der Waals surface area contributed by atoms with Crippen LogP contribution in [0.3, 0.4) is 0 Å². The van der Waals surface area contributed by atoms with Crippen molar-refractivity contribution in [3.63, 3.8) is 0 Å². The third kappa shape index (κ3) is 2.63. The minimum Gasteiger partial charge on any atom is -0.207 e. The second-order valence-electron chi connectivity index (χ2n) is 2.34. The van der Waals surface area contributed by atoms with Crippen LogP contribution in [0.15, 0.2) is 18.2 Å². The predicted molar refractivity (Wildman–Crippen MR) is 55.3 cm³/mol. The summed E-state index contributed by atoms with van der Waals surface area (Å²) in [6.45, 7) is 0. The average molecular weight is 262 g/mol. The highest BCUT2D eigenvalue weighted by atomic mass is 35.5. The Morgan fingerprint density at radius 3 is 2.00 bits per heavy atom. The van der Waals surface area contributed by atoms with Crippen LogP contribution in [-0.2, 0) is 0 Å². The standard InChI is InChI=1S/C8H5Cl4F/c9-7(10)4-2-1-3-5(13)6(4)8(11)12/h1-3,7-8H. The number of benzene rings is 1. The first-order chi connectivity index (χ1) is 6.04. The third-order valence-corrected chi connectivity index (χ3v) is 2.45. The molecule has 0 unspecified atom stereocenters. The van der Waals surface area contributed by atoms with Crippen LogP contribution in [-0.4, -0.2) is 0 Å². The first-order valence-electron chi connectivity index (χ1n) is 3.38. The predicted octanol–water partition coefficient (Wildman–Crippen LogP) is 4.78. The van der Waals surface area contributed by atoms with E-state index in [1.807, 2.05) is 0 Å². The van der Waals surface area contributed by atoms with Crippen LogP contribution in [0.1, 0.15) is 20.8 Å². The van der Waals surface area contributed by atoms with E-state index in [4.69, 9.17) is 46.4 Å². The molecule has 1 aromatic rings. The Labute approximate surface area is 95.5 Å². The smallest absolute Gasteiger partial charge is 0.135 e. The Kier molecular flexibility index (Phi) is 4.11. The molecule has 0 atom stereocenters. The van der Waals surface area contributed by atoms with E-state index in [2.05, 4.69) is 0 Å². The number of halogens is 5. The maximum Gasteiger partial charge on any atom is 0.135 e. The van der Waals surface area contributed by atoms with Crippen molar-refractivity contribution >= 4 is 46.4 Å². The largest absolute Gasteiger partial charge is 0.207 e. The van der Waals surface area contributed by atoms with Crippen LogP contribution < -0.4 is 0 Å². The van der Waals surface area contributed by atoms with Gasteiger partial charge in [0, 0.05) is 5.56 Å². The van der Waals surface area contributed by atoms with Crippen molar-refractivity contribution in [3.8, 4) is 0 Å². The molecule has 0 aliphatic rings. The lowest BCUT2D eigenvalue weighted by atomic mass is 10.1. The van der Waals surface area contributed by atoms with Gasteiger partial charge in [-0.3, -0.25) is 0 Å². The van der Waals surface area contributed by atoms with E-state index in [1.165, 1.54) is 12.1 Å². The van der Waals surface area contributed by atoms with Gasteiger partial charge in [-0.15, -0.1) is 23.2 Å². The molecule has 0 aliphatic carbocycles. The highest BCUT2D eigenvalue weighted by Gasteiger charge is 2.18. The van der Waals surface area contributed by atoms with Gasteiger partial charge in [-0.25, -0.2) is 4.39 Å². The van der Waals surface area contributed by atoms with Crippen molar-refractivity contribution in [2.75, 3.05) is 0 Å². The molecular weight excluding hydrogens is 257 g/mol. The molecule has 1 aromatic carbocycles. The summed E-state index contributed by atoms with van der Waals surface area (Å²) < 4.78 is 13.2. The van der Waals surface area contributed by atoms with Crippen LogP contribution in [0.25, 0.3) is 0 Å². The molecule has 13 heavy (non-hydrogen) atoms. The first kappa shape index (κ1) is 11.4. The lowest BCUT2D eigenvalue weighted by Gasteiger charge is -2.11. The second-order valence-corrected chi connectivity index (χ2v) is 4.54. The minimum atomic E-state index is -0.962. The van der Waals surface area contributed by atoms with Gasteiger partial charge in [0.05, 0.1) is 0 Å². The van der Waals surface area contributed by atoms with Gasteiger partial charge >= 0.3 is 0 Å². The monoisotopic (exact) mass is 260 g/mol. The SMILES string of the molecule is Fc1cccc(C(Cl)Cl)c1C(Cl)Cl. The van der Waals surface area contributed by atoms with Gasteiger partial charge in [0.25, 0.3) is 0 Å². The Balaban J connectivity index is 3.26. The van der Waals surface area contributed by atoms with Crippen LogP contribution in [0.5, 0.6) is 0 Å². The number of hydrogen-bond donors (Lipinski definition) is 0. The summed E-state index contributed by atoms with van der Waals surface area (Å²) in [6.07, 6.45) is 0. The molecule has 0 heterocycles. The minimum absolute atomic E-state index is 0.140. The maximum atomic E-state index is 13.2. The Morgan fingerprint density at radius 2 is 1.62 bits per heavy atom. The van der Waals surface area contributed by atoms with Crippen LogP contribution in [0.2, 0.25) is 0 Å². The molecule has 0 aliphatic heterocycles. The molecule has 0 spiro atoms. The van der Waals surface area contributed by atoms with Crippen LogP contribution in [0, 0.1) is 5.82 Å². The quantitative estimate of drug-likeness (QED) is 0.673. The van der Waals surface area contributed by atoms with Gasteiger partial charge in [-0.2, -0.15) is 0 Å². The molecule has 0 aromatic heterocycles. The van der Waals surface area contributed by atoms with Gasteiger partial charge in [0.15, 0.2) is 0 Å². The normalized spacial score (nSPS) is 11.3. The molecule has 5 heteroatoms. The topological polar surface area (TPSA) is 0 Å². The van der Waals surface area contributed by atoms with E-state index >= 15 is 0 Å². The Hall–Kier alpha value is 0.310. The summed E-state index contributed by atoms with van der Waals surface area (Å²) in [5.41, 5.74) is 0.541. The van der Waals surface area contributed by atoms with Gasteiger partial charge in [0.2, 0.25) is 0 Å². The zero-order valence-electron chi connectivity index (χ0n) is 6.28. The van der Waals surface area contributed by atoms with Gasteiger partial charge in [0.1, 0.15) is 15.5 Å². The Bertz CT molecular complexity index is 298. The van der Waals surface area contributed by atoms with Crippen molar-refractivity contribution in [3.05, 3.63) is 35.1 Å². The molecule has 0 amide bonds. The molecule has 0 radical (unpaired) electrons. The average Bonchev–Trinajstić information content (AvgIpc) is 2.02. The Morgan fingerprint density at radius 1 is 1.00 bits per heavy atom. The van der Waals surface area contributed by atoms with E-state index in [0.717, 1.165) is 0 Å². The van der Waals surface area contributed by atoms with Crippen LogP contribution in [0.4, 0.5) is 4.39 Å². The molecule has 0 saturated carbocycles. The molecular formula is C8H5Cl4F. The van der Waals surface area contributed by atoms with E-state index in [0.29, 0.717) is 5.56 Å². The lowest BCUT2D eigenvalue weighted by Crippen LogP contribution is -1.96. The van der Waals surface area contributed by atoms with Crippen molar-refractivity contribution in [1.29, 1.82) is 0 Å². The zero-order chi connectivity index (χ0) is 10.0. The fourth-order valence-electron chi connectivity index (χ4n) is 0.974. The van der Waals surface area contributed by atoms with Crippen molar-refractivity contribution < 1.29 is 4.39 Å². The molecule has 1 rings (SSSR count). The summed E-state index contributed by atoms with van der Waals surface area (Å²) in [5.74, 6) is -0.501. The summed E-state index contributed by atoms with van der Waals surface area (Å²) >= 11 is 22.3. The van der Waals surface area contributed by atoms with Gasteiger partial charge < -0.3 is 0 Å². The van der Waals surface area contributed by atoms with Crippen LogP contribution >= 0.6 is 46.4 Å². The summed E-state index contributed by atoms with van der Waals surface area (Å²) in [6, 6.07) is 4.34. The fourth-order valence-corrected chi connectivity index (χ4v) is 1.82. The van der Waals surface area contributed by atoms with E-state index in [1.54, 1.807) is 6.07 Å². The molecule has 72 valence electrons. The third-order valence-electron chi connectivity index (χ3n) is 1.54. The fraction of sp³-hybridized carbons (Fsp3) is 0.250. The van der Waals surface area contributed by atoms with E-state index < -0.39 is 15.5 Å². The summed E-state index contributed by atoms with van der Waals surface area (Å²) in [4.78, 5) is -1.79. The lowest BCUT2D eigenvalue weighted by molar-refractivity contribution is 0.613. The summed E-state index contributed by atoms with van der Waals surface area (Å²) in [5, 5.41) is 0. The van der Waals surface area contributed by atoms with Gasteiger partial charge in [-0.05, 0) is 11.6 Å². The van der Waals surface area contributed by atoms with Crippen molar-refractivity contribution in [2.24, 2.45) is 0 Å².